The normalized spacial score (nSPS) is 13.2. The molecule has 0 aliphatic heterocycles. The zero-order valence-electron chi connectivity index (χ0n) is 14.1. The van der Waals surface area contributed by atoms with Crippen LogP contribution >= 0.6 is 0 Å². The number of hydrogen-bond acceptors (Lipinski definition) is 1. The molecular weight excluding hydrogens is 244 g/mol. The summed E-state index contributed by atoms with van der Waals surface area (Å²) >= 11 is 0. The van der Waals surface area contributed by atoms with E-state index in [1.54, 1.807) is 0 Å². The van der Waals surface area contributed by atoms with Gasteiger partial charge in [-0.2, -0.15) is 0 Å². The Morgan fingerprint density at radius 1 is 0.800 bits per heavy atom. The second-order valence-electron chi connectivity index (χ2n) is 6.30. The summed E-state index contributed by atoms with van der Waals surface area (Å²) in [4.78, 5) is 0. The minimum atomic E-state index is 0.360. The molecule has 20 heavy (non-hydrogen) atoms. The van der Waals surface area contributed by atoms with Gasteiger partial charge >= 0.3 is 0 Å². The van der Waals surface area contributed by atoms with Crippen molar-refractivity contribution in [3.8, 4) is 0 Å². The van der Waals surface area contributed by atoms with E-state index in [4.69, 9.17) is 5.11 Å². The van der Waals surface area contributed by atoms with E-state index in [0.29, 0.717) is 6.61 Å². The summed E-state index contributed by atoms with van der Waals surface area (Å²) in [5.41, 5.74) is 0. The summed E-state index contributed by atoms with van der Waals surface area (Å²) in [6.07, 6.45) is 21.8. The van der Waals surface area contributed by atoms with Crippen LogP contribution in [0.25, 0.3) is 0 Å². The molecule has 0 unspecified atom stereocenters. The van der Waals surface area contributed by atoms with Gasteiger partial charge in [-0.05, 0) is 31.6 Å². The van der Waals surface area contributed by atoms with Crippen molar-refractivity contribution in [2.24, 2.45) is 5.92 Å². The number of unbranched alkanes of at least 4 members (excludes halogenated alkanes) is 9. The maximum absolute atomic E-state index is 8.68. The molecule has 0 spiro atoms. The summed E-state index contributed by atoms with van der Waals surface area (Å²) in [6, 6.07) is 0. The van der Waals surface area contributed by atoms with Gasteiger partial charge in [0.25, 0.3) is 0 Å². The molecule has 0 aliphatic rings. The van der Waals surface area contributed by atoms with Crippen molar-refractivity contribution in [2.75, 3.05) is 6.61 Å². The number of aliphatic hydroxyl groups excluding tert-OH is 1. The molecule has 0 aromatic heterocycles. The highest BCUT2D eigenvalue weighted by atomic mass is 16.2. The van der Waals surface area contributed by atoms with E-state index in [9.17, 15) is 0 Å². The van der Waals surface area contributed by atoms with E-state index < -0.39 is 0 Å². The fourth-order valence-corrected chi connectivity index (χ4v) is 2.56. The Balaban J connectivity index is 3.21. The molecule has 0 saturated carbocycles. The van der Waals surface area contributed by atoms with Crippen LogP contribution in [0.15, 0.2) is 12.2 Å². The zero-order valence-corrected chi connectivity index (χ0v) is 14.1. The lowest BCUT2D eigenvalue weighted by Gasteiger charge is -2.07. The molecular formula is C19H38O. The lowest BCUT2D eigenvalue weighted by atomic mass is 9.99. The number of allylic oxidation sites excluding steroid dienone is 2. The van der Waals surface area contributed by atoms with Crippen molar-refractivity contribution in [2.45, 2.75) is 97.3 Å². The highest BCUT2D eigenvalue weighted by Gasteiger charge is 1.98. The van der Waals surface area contributed by atoms with Crippen molar-refractivity contribution in [1.29, 1.82) is 0 Å². The van der Waals surface area contributed by atoms with Gasteiger partial charge in [-0.15, -0.1) is 0 Å². The Hall–Kier alpha value is -0.300. The molecule has 0 saturated heterocycles. The third-order valence-corrected chi connectivity index (χ3v) is 4.03. The number of hydrogen-bond donors (Lipinski definition) is 1. The standard InChI is InChI=1S/C19H38O/c1-3-4-5-13-16-19(2)17-14-11-9-7-6-8-10-12-15-18-20/h11,14,19-20H,3-10,12-13,15-18H2,1-2H3/b14-11-/t19-/m1/s1. The number of aliphatic hydroxyl groups is 1. The maximum atomic E-state index is 8.68. The summed E-state index contributed by atoms with van der Waals surface area (Å²) in [6.45, 7) is 5.02. The van der Waals surface area contributed by atoms with E-state index >= 15 is 0 Å². The van der Waals surface area contributed by atoms with Gasteiger partial charge in [0.05, 0.1) is 0 Å². The van der Waals surface area contributed by atoms with Crippen molar-refractivity contribution < 1.29 is 5.11 Å². The first-order valence-corrected chi connectivity index (χ1v) is 9.07. The lowest BCUT2D eigenvalue weighted by Crippen LogP contribution is -1.92. The van der Waals surface area contributed by atoms with Crippen molar-refractivity contribution in [1.82, 2.24) is 0 Å². The quantitative estimate of drug-likeness (QED) is 0.277. The molecule has 0 amide bonds. The fraction of sp³-hybridized carbons (Fsp3) is 0.895. The van der Waals surface area contributed by atoms with Gasteiger partial charge in [-0.25, -0.2) is 0 Å². The highest BCUT2D eigenvalue weighted by Crippen LogP contribution is 2.14. The van der Waals surface area contributed by atoms with Gasteiger partial charge in [0.1, 0.15) is 0 Å². The Labute approximate surface area is 127 Å². The van der Waals surface area contributed by atoms with Crippen LogP contribution < -0.4 is 0 Å². The van der Waals surface area contributed by atoms with Gasteiger partial charge in [-0.1, -0.05) is 83.8 Å². The second-order valence-corrected chi connectivity index (χ2v) is 6.30. The molecule has 1 atom stereocenters. The molecule has 0 aromatic carbocycles. The molecule has 1 heteroatoms. The Bertz CT molecular complexity index is 198. The lowest BCUT2D eigenvalue weighted by molar-refractivity contribution is 0.282. The van der Waals surface area contributed by atoms with Crippen molar-refractivity contribution >= 4 is 0 Å². The molecule has 0 fully saturated rings. The van der Waals surface area contributed by atoms with Crippen LogP contribution in [-0.2, 0) is 0 Å². The van der Waals surface area contributed by atoms with Gasteiger partial charge in [0.2, 0.25) is 0 Å². The van der Waals surface area contributed by atoms with Crippen LogP contribution in [0, 0.1) is 5.92 Å². The van der Waals surface area contributed by atoms with Crippen LogP contribution in [0.5, 0.6) is 0 Å². The third-order valence-electron chi connectivity index (χ3n) is 4.03. The SMILES string of the molecule is CCCCCC[C@@H](C)C/C=C\CCCCCCCCO. The van der Waals surface area contributed by atoms with E-state index in [2.05, 4.69) is 26.0 Å². The molecule has 0 heterocycles. The van der Waals surface area contributed by atoms with E-state index in [1.807, 2.05) is 0 Å². The van der Waals surface area contributed by atoms with Crippen LogP contribution in [0.2, 0.25) is 0 Å². The first-order valence-electron chi connectivity index (χ1n) is 9.07. The summed E-state index contributed by atoms with van der Waals surface area (Å²) in [7, 11) is 0. The summed E-state index contributed by atoms with van der Waals surface area (Å²) in [5.74, 6) is 0.863. The molecule has 0 aliphatic carbocycles. The Kier molecular flexibility index (Phi) is 16.5. The smallest absolute Gasteiger partial charge is 0.0431 e. The zero-order chi connectivity index (χ0) is 14.9. The van der Waals surface area contributed by atoms with Crippen LogP contribution in [-0.4, -0.2) is 11.7 Å². The van der Waals surface area contributed by atoms with Gasteiger partial charge in [0, 0.05) is 6.61 Å². The van der Waals surface area contributed by atoms with Gasteiger partial charge < -0.3 is 5.11 Å². The largest absolute Gasteiger partial charge is 0.396 e. The average molecular weight is 283 g/mol. The Morgan fingerprint density at radius 3 is 2.15 bits per heavy atom. The molecule has 1 N–H and O–H groups in total. The molecule has 0 radical (unpaired) electrons. The van der Waals surface area contributed by atoms with E-state index in [0.717, 1.165) is 12.3 Å². The van der Waals surface area contributed by atoms with Crippen LogP contribution in [0.1, 0.15) is 97.3 Å². The molecule has 0 aromatic rings. The van der Waals surface area contributed by atoms with E-state index in [1.165, 1.54) is 77.0 Å². The predicted molar refractivity (Wildman–Crippen MR) is 91.1 cm³/mol. The molecule has 120 valence electrons. The minimum absolute atomic E-state index is 0.360. The molecule has 0 bridgehead atoms. The average Bonchev–Trinajstić information content (AvgIpc) is 2.45. The molecule has 0 rings (SSSR count). The van der Waals surface area contributed by atoms with Gasteiger partial charge in [0.15, 0.2) is 0 Å². The highest BCUT2D eigenvalue weighted by molar-refractivity contribution is 4.83. The maximum Gasteiger partial charge on any atom is 0.0431 e. The fourth-order valence-electron chi connectivity index (χ4n) is 2.56. The second kappa shape index (κ2) is 16.8. The Morgan fingerprint density at radius 2 is 1.45 bits per heavy atom. The van der Waals surface area contributed by atoms with Crippen LogP contribution in [0.4, 0.5) is 0 Å². The molecule has 1 nitrogen and oxygen atoms in total. The first-order chi connectivity index (χ1) is 9.81. The number of rotatable bonds is 15. The minimum Gasteiger partial charge on any atom is -0.396 e. The summed E-state index contributed by atoms with van der Waals surface area (Å²) in [5, 5.41) is 8.68. The van der Waals surface area contributed by atoms with Crippen molar-refractivity contribution in [3.05, 3.63) is 12.2 Å². The summed E-state index contributed by atoms with van der Waals surface area (Å²) < 4.78 is 0. The van der Waals surface area contributed by atoms with Crippen molar-refractivity contribution in [3.63, 3.8) is 0 Å². The topological polar surface area (TPSA) is 20.2 Å². The van der Waals surface area contributed by atoms with Gasteiger partial charge in [-0.3, -0.25) is 0 Å². The van der Waals surface area contributed by atoms with Crippen LogP contribution in [0.3, 0.4) is 0 Å². The monoisotopic (exact) mass is 282 g/mol. The third kappa shape index (κ3) is 15.8. The first kappa shape index (κ1) is 19.7. The van der Waals surface area contributed by atoms with E-state index in [-0.39, 0.29) is 0 Å². The predicted octanol–water partition coefficient (Wildman–Crippen LogP) is 6.26.